The van der Waals surface area contributed by atoms with Crippen LogP contribution < -0.4 is 5.48 Å². The Morgan fingerprint density at radius 2 is 1.60 bits per heavy atom. The number of rotatable bonds is 6. The van der Waals surface area contributed by atoms with Gasteiger partial charge in [0.15, 0.2) is 0 Å². The third kappa shape index (κ3) is 4.05. The van der Waals surface area contributed by atoms with Gasteiger partial charge in [-0.1, -0.05) is 29.8 Å². The topological polar surface area (TPSA) is 57.5 Å². The number of hydroxylamine groups is 1. The molecule has 4 rings (SSSR count). The van der Waals surface area contributed by atoms with Gasteiger partial charge < -0.3 is 9.47 Å². The van der Waals surface area contributed by atoms with Gasteiger partial charge in [-0.2, -0.15) is 0 Å². The van der Waals surface area contributed by atoms with Crippen LogP contribution in [-0.4, -0.2) is 41.2 Å². The van der Waals surface area contributed by atoms with Crippen molar-refractivity contribution < 1.29 is 10.0 Å². The van der Waals surface area contributed by atoms with E-state index in [4.69, 9.17) is 16.8 Å². The molecule has 1 heterocycles. The molecule has 1 aromatic heterocycles. The second kappa shape index (κ2) is 8.48. The van der Waals surface area contributed by atoms with Gasteiger partial charge in [-0.05, 0) is 74.1 Å². The number of amides is 1. The number of nitrogens with zero attached hydrogens (tertiary/aromatic N) is 2. The summed E-state index contributed by atoms with van der Waals surface area (Å²) in [7, 11) is 4.17. The number of benzene rings is 3. The normalized spacial score (nSPS) is 11.5. The van der Waals surface area contributed by atoms with Gasteiger partial charge in [0.2, 0.25) is 0 Å². The number of nitrogens with one attached hydrogen (secondary N) is 1. The van der Waals surface area contributed by atoms with Crippen LogP contribution >= 0.6 is 11.6 Å². The first-order valence-corrected chi connectivity index (χ1v) is 10.2. The van der Waals surface area contributed by atoms with E-state index in [1.54, 1.807) is 17.6 Å². The van der Waals surface area contributed by atoms with Crippen molar-refractivity contribution >= 4 is 39.3 Å². The summed E-state index contributed by atoms with van der Waals surface area (Å²) >= 11 is 6.32. The standard InChI is InChI=1S/C24H24ClN3O2/c1-27(2)12-11-16-5-9-22-20(13-16)21-14-19(25)8-10-23(21)28(22)15-17-3-6-18(7-4-17)24(29)26-30/h3-10,13-14,30H,11-12,15H2,1-2H3,(H,26,29). The maximum Gasteiger partial charge on any atom is 0.274 e. The average Bonchev–Trinajstić information content (AvgIpc) is 3.04. The van der Waals surface area contributed by atoms with Crippen molar-refractivity contribution in [2.24, 2.45) is 0 Å². The summed E-state index contributed by atoms with van der Waals surface area (Å²) in [6.45, 7) is 1.67. The molecule has 0 bridgehead atoms. The van der Waals surface area contributed by atoms with Crippen LogP contribution in [0.25, 0.3) is 21.8 Å². The molecule has 2 N–H and O–H groups in total. The highest BCUT2D eigenvalue weighted by molar-refractivity contribution is 6.31. The Morgan fingerprint density at radius 1 is 0.967 bits per heavy atom. The lowest BCUT2D eigenvalue weighted by Gasteiger charge is -2.10. The third-order valence-electron chi connectivity index (χ3n) is 5.40. The SMILES string of the molecule is CN(C)CCc1ccc2c(c1)c1cc(Cl)ccc1n2Cc1ccc(C(=O)NO)cc1. The molecule has 154 valence electrons. The molecule has 4 aromatic rings. The largest absolute Gasteiger partial charge is 0.336 e. The zero-order valence-corrected chi connectivity index (χ0v) is 17.8. The van der Waals surface area contributed by atoms with Crippen molar-refractivity contribution in [2.75, 3.05) is 20.6 Å². The zero-order chi connectivity index (χ0) is 21.3. The number of carbonyl (C=O) groups excluding carboxylic acids is 1. The van der Waals surface area contributed by atoms with Crippen LogP contribution in [0.1, 0.15) is 21.5 Å². The van der Waals surface area contributed by atoms with Gasteiger partial charge in [0.25, 0.3) is 5.91 Å². The van der Waals surface area contributed by atoms with Gasteiger partial charge in [-0.15, -0.1) is 0 Å². The molecule has 0 unspecified atom stereocenters. The molecule has 0 aliphatic rings. The van der Waals surface area contributed by atoms with E-state index in [0.29, 0.717) is 12.1 Å². The summed E-state index contributed by atoms with van der Waals surface area (Å²) in [6, 6.07) is 19.9. The molecule has 6 heteroatoms. The summed E-state index contributed by atoms with van der Waals surface area (Å²) < 4.78 is 2.28. The fraction of sp³-hybridized carbons (Fsp3) is 0.208. The van der Waals surface area contributed by atoms with Gasteiger partial charge in [0.05, 0.1) is 0 Å². The lowest BCUT2D eigenvalue weighted by atomic mass is 10.1. The Balaban J connectivity index is 1.77. The molecule has 3 aromatic carbocycles. The molecule has 0 atom stereocenters. The minimum Gasteiger partial charge on any atom is -0.336 e. The first kappa shape index (κ1) is 20.4. The molecule has 1 amide bonds. The van der Waals surface area contributed by atoms with Crippen LogP contribution in [-0.2, 0) is 13.0 Å². The summed E-state index contributed by atoms with van der Waals surface area (Å²) in [5, 5.41) is 11.9. The second-order valence-electron chi connectivity index (χ2n) is 7.79. The average molecular weight is 422 g/mol. The van der Waals surface area contributed by atoms with Gasteiger partial charge in [-0.25, -0.2) is 5.48 Å². The number of aromatic nitrogens is 1. The summed E-state index contributed by atoms with van der Waals surface area (Å²) in [4.78, 5) is 13.8. The molecule has 30 heavy (non-hydrogen) atoms. The van der Waals surface area contributed by atoms with E-state index in [0.717, 1.165) is 40.0 Å². The Labute approximate surface area is 180 Å². The van der Waals surface area contributed by atoms with Crippen LogP contribution in [0.5, 0.6) is 0 Å². The van der Waals surface area contributed by atoms with Gasteiger partial charge in [0.1, 0.15) is 0 Å². The van der Waals surface area contributed by atoms with E-state index >= 15 is 0 Å². The molecule has 0 aliphatic carbocycles. The van der Waals surface area contributed by atoms with Crippen molar-refractivity contribution in [1.29, 1.82) is 0 Å². The number of halogens is 1. The van der Waals surface area contributed by atoms with E-state index in [9.17, 15) is 4.79 Å². The van der Waals surface area contributed by atoms with Crippen molar-refractivity contribution in [3.8, 4) is 0 Å². The Bertz CT molecular complexity index is 1210. The van der Waals surface area contributed by atoms with Crippen LogP contribution in [0.4, 0.5) is 0 Å². The van der Waals surface area contributed by atoms with Crippen LogP contribution in [0.3, 0.4) is 0 Å². The predicted molar refractivity (Wildman–Crippen MR) is 122 cm³/mol. The molecule has 0 aliphatic heterocycles. The van der Waals surface area contributed by atoms with E-state index < -0.39 is 5.91 Å². The van der Waals surface area contributed by atoms with Crippen molar-refractivity contribution in [2.45, 2.75) is 13.0 Å². The van der Waals surface area contributed by atoms with Crippen molar-refractivity contribution in [3.63, 3.8) is 0 Å². The second-order valence-corrected chi connectivity index (χ2v) is 8.23. The predicted octanol–water partition coefficient (Wildman–Crippen LogP) is 4.72. The Morgan fingerprint density at radius 3 is 2.27 bits per heavy atom. The highest BCUT2D eigenvalue weighted by atomic mass is 35.5. The quantitative estimate of drug-likeness (QED) is 0.350. The maximum atomic E-state index is 11.6. The first-order valence-electron chi connectivity index (χ1n) is 9.85. The van der Waals surface area contributed by atoms with Crippen LogP contribution in [0, 0.1) is 0 Å². The number of hydrogen-bond donors (Lipinski definition) is 2. The number of fused-ring (bicyclic) bond motifs is 3. The van der Waals surface area contributed by atoms with Gasteiger partial charge >= 0.3 is 0 Å². The summed E-state index contributed by atoms with van der Waals surface area (Å²) in [5.41, 5.74) is 6.72. The monoisotopic (exact) mass is 421 g/mol. The molecule has 0 fully saturated rings. The Kier molecular flexibility index (Phi) is 5.77. The number of carbonyl (C=O) groups is 1. The zero-order valence-electron chi connectivity index (χ0n) is 17.0. The van der Waals surface area contributed by atoms with Crippen molar-refractivity contribution in [1.82, 2.24) is 14.9 Å². The van der Waals surface area contributed by atoms with E-state index in [-0.39, 0.29) is 0 Å². The molecule has 0 saturated carbocycles. The first-order chi connectivity index (χ1) is 14.5. The summed E-state index contributed by atoms with van der Waals surface area (Å²) in [6.07, 6.45) is 0.991. The molecular weight excluding hydrogens is 398 g/mol. The highest BCUT2D eigenvalue weighted by Crippen LogP contribution is 2.32. The van der Waals surface area contributed by atoms with E-state index in [2.05, 4.69) is 47.8 Å². The maximum absolute atomic E-state index is 11.6. The molecular formula is C24H24ClN3O2. The van der Waals surface area contributed by atoms with Gasteiger partial charge in [-0.3, -0.25) is 10.0 Å². The fourth-order valence-electron chi connectivity index (χ4n) is 3.81. The molecule has 5 nitrogen and oxygen atoms in total. The lowest BCUT2D eigenvalue weighted by molar-refractivity contribution is 0.0706. The smallest absolute Gasteiger partial charge is 0.274 e. The van der Waals surface area contributed by atoms with Crippen LogP contribution in [0.2, 0.25) is 5.02 Å². The summed E-state index contributed by atoms with van der Waals surface area (Å²) in [5.74, 6) is -0.515. The Hall–Kier alpha value is -2.86. The molecule has 0 saturated heterocycles. The highest BCUT2D eigenvalue weighted by Gasteiger charge is 2.13. The fourth-order valence-corrected chi connectivity index (χ4v) is 3.98. The van der Waals surface area contributed by atoms with Crippen LogP contribution in [0.15, 0.2) is 60.7 Å². The minimum atomic E-state index is -0.515. The van der Waals surface area contributed by atoms with Gasteiger partial charge in [0, 0.05) is 45.5 Å². The van der Waals surface area contributed by atoms with Crippen molar-refractivity contribution in [3.05, 3.63) is 82.4 Å². The minimum absolute atomic E-state index is 0.417. The molecule has 0 radical (unpaired) electrons. The lowest BCUT2D eigenvalue weighted by Crippen LogP contribution is -2.18. The van der Waals surface area contributed by atoms with E-state index in [1.165, 1.54) is 10.9 Å². The molecule has 0 spiro atoms. The number of hydrogen-bond acceptors (Lipinski definition) is 3. The third-order valence-corrected chi connectivity index (χ3v) is 5.63. The number of likely N-dealkylation sites (N-methyl/N-ethyl adjacent to an activating group) is 1. The van der Waals surface area contributed by atoms with E-state index in [1.807, 2.05) is 24.3 Å².